The van der Waals surface area contributed by atoms with E-state index in [-0.39, 0.29) is 23.3 Å². The molecule has 0 bridgehead atoms. The molecule has 4 nitrogen and oxygen atoms in total. The van der Waals surface area contributed by atoms with Crippen molar-refractivity contribution in [2.75, 3.05) is 25.0 Å². The Kier molecular flexibility index (Phi) is 6.68. The first-order valence-electron chi connectivity index (χ1n) is 10.1. The summed E-state index contributed by atoms with van der Waals surface area (Å²) in [6, 6.07) is 1.97. The van der Waals surface area contributed by atoms with Gasteiger partial charge in [0.1, 0.15) is 5.75 Å². The maximum atomic E-state index is 13.4. The van der Waals surface area contributed by atoms with Gasteiger partial charge in [0.15, 0.2) is 17.7 Å². The summed E-state index contributed by atoms with van der Waals surface area (Å²) < 4.78 is 32.4. The van der Waals surface area contributed by atoms with Crippen molar-refractivity contribution in [3.05, 3.63) is 23.8 Å². The van der Waals surface area contributed by atoms with Crippen LogP contribution in [-0.2, 0) is 4.79 Å². The van der Waals surface area contributed by atoms with E-state index in [1.807, 2.05) is 0 Å². The SMILES string of the molecule is CCCCC1CCN(CC(C)CC2Oc3cc(F)c(F)cc3NC2=O)CC1. The highest BCUT2D eigenvalue weighted by Crippen LogP contribution is 2.33. The zero-order valence-corrected chi connectivity index (χ0v) is 16.3. The summed E-state index contributed by atoms with van der Waals surface area (Å²) in [4.78, 5) is 14.7. The monoisotopic (exact) mass is 380 g/mol. The third-order valence-electron chi connectivity index (χ3n) is 5.70. The fraction of sp³-hybridized carbons (Fsp3) is 0.667. The largest absolute Gasteiger partial charge is 0.478 e. The number of amides is 1. The number of hydrogen-bond acceptors (Lipinski definition) is 3. The Balaban J connectivity index is 1.49. The standard InChI is InChI=1S/C21H30F2N2O2/c1-3-4-5-15-6-8-25(9-7-15)13-14(2)10-20-21(26)24-18-11-16(22)17(23)12-19(18)27-20/h11-12,14-15,20H,3-10,13H2,1-2H3,(H,24,26). The van der Waals surface area contributed by atoms with Gasteiger partial charge in [-0.2, -0.15) is 0 Å². The normalized spacial score (nSPS) is 22.1. The number of piperidine rings is 1. The number of ether oxygens (including phenoxy) is 1. The molecule has 0 aliphatic carbocycles. The molecular weight excluding hydrogens is 350 g/mol. The lowest BCUT2D eigenvalue weighted by molar-refractivity contribution is -0.124. The average molecular weight is 380 g/mol. The molecule has 0 radical (unpaired) electrons. The number of nitrogens with zero attached hydrogens (tertiary/aromatic N) is 1. The second-order valence-corrected chi connectivity index (χ2v) is 8.09. The van der Waals surface area contributed by atoms with Crippen LogP contribution in [0.15, 0.2) is 12.1 Å². The van der Waals surface area contributed by atoms with Crippen LogP contribution < -0.4 is 10.1 Å². The average Bonchev–Trinajstić information content (AvgIpc) is 2.63. The molecule has 2 aliphatic rings. The lowest BCUT2D eigenvalue weighted by Crippen LogP contribution is -2.41. The number of unbranched alkanes of at least 4 members (excludes halogenated alkanes) is 1. The van der Waals surface area contributed by atoms with Crippen molar-refractivity contribution in [1.82, 2.24) is 4.90 Å². The van der Waals surface area contributed by atoms with E-state index in [4.69, 9.17) is 4.74 Å². The summed E-state index contributed by atoms with van der Waals surface area (Å²) in [5.74, 6) is -0.925. The zero-order valence-electron chi connectivity index (χ0n) is 16.3. The minimum Gasteiger partial charge on any atom is -0.478 e. The number of fused-ring (bicyclic) bond motifs is 1. The molecule has 3 rings (SSSR count). The maximum Gasteiger partial charge on any atom is 0.265 e. The van der Waals surface area contributed by atoms with Crippen LogP contribution in [0.4, 0.5) is 14.5 Å². The fourth-order valence-corrected chi connectivity index (χ4v) is 4.13. The lowest BCUT2D eigenvalue weighted by atomic mass is 9.91. The van der Waals surface area contributed by atoms with Crippen LogP contribution in [0.1, 0.15) is 52.4 Å². The van der Waals surface area contributed by atoms with E-state index in [1.54, 1.807) is 0 Å². The zero-order chi connectivity index (χ0) is 19.4. The molecule has 150 valence electrons. The van der Waals surface area contributed by atoms with Crippen LogP contribution in [0.25, 0.3) is 0 Å². The molecule has 0 spiro atoms. The topological polar surface area (TPSA) is 41.6 Å². The predicted molar refractivity (Wildman–Crippen MR) is 102 cm³/mol. The summed E-state index contributed by atoms with van der Waals surface area (Å²) >= 11 is 0. The second-order valence-electron chi connectivity index (χ2n) is 8.09. The number of anilines is 1. The van der Waals surface area contributed by atoms with Crippen molar-refractivity contribution >= 4 is 11.6 Å². The molecule has 2 atom stereocenters. The first kappa shape index (κ1) is 20.1. The van der Waals surface area contributed by atoms with Gasteiger partial charge < -0.3 is 15.0 Å². The van der Waals surface area contributed by atoms with Gasteiger partial charge in [0.25, 0.3) is 5.91 Å². The van der Waals surface area contributed by atoms with Gasteiger partial charge in [-0.05, 0) is 44.2 Å². The van der Waals surface area contributed by atoms with E-state index < -0.39 is 17.7 Å². The van der Waals surface area contributed by atoms with Gasteiger partial charge in [0, 0.05) is 18.7 Å². The quantitative estimate of drug-likeness (QED) is 0.752. The Bertz CT molecular complexity index is 660. The highest BCUT2D eigenvalue weighted by molar-refractivity contribution is 5.97. The van der Waals surface area contributed by atoms with Crippen molar-refractivity contribution in [1.29, 1.82) is 0 Å². The molecular formula is C21H30F2N2O2. The molecule has 1 saturated heterocycles. The van der Waals surface area contributed by atoms with E-state index in [0.717, 1.165) is 37.7 Å². The molecule has 2 unspecified atom stereocenters. The van der Waals surface area contributed by atoms with Crippen molar-refractivity contribution in [3.63, 3.8) is 0 Å². The minimum absolute atomic E-state index is 0.192. The highest BCUT2D eigenvalue weighted by atomic mass is 19.2. The summed E-state index contributed by atoms with van der Waals surface area (Å²) in [5, 5.41) is 2.63. The lowest BCUT2D eigenvalue weighted by Gasteiger charge is -2.34. The molecule has 1 amide bonds. The predicted octanol–water partition coefficient (Wildman–Crippen LogP) is 4.59. The van der Waals surface area contributed by atoms with E-state index in [9.17, 15) is 13.6 Å². The van der Waals surface area contributed by atoms with E-state index in [2.05, 4.69) is 24.1 Å². The van der Waals surface area contributed by atoms with Crippen molar-refractivity contribution in [3.8, 4) is 5.75 Å². The van der Waals surface area contributed by atoms with Gasteiger partial charge >= 0.3 is 0 Å². The molecule has 6 heteroatoms. The minimum atomic E-state index is -0.994. The Labute approximate surface area is 160 Å². The fourth-order valence-electron chi connectivity index (χ4n) is 4.13. The number of benzene rings is 1. The van der Waals surface area contributed by atoms with Gasteiger partial charge in [0.05, 0.1) is 5.69 Å². The third-order valence-corrected chi connectivity index (χ3v) is 5.70. The van der Waals surface area contributed by atoms with Crippen LogP contribution in [0.2, 0.25) is 0 Å². The summed E-state index contributed by atoms with van der Waals surface area (Å²) in [7, 11) is 0. The van der Waals surface area contributed by atoms with E-state index in [1.165, 1.54) is 32.1 Å². The molecule has 2 aliphatic heterocycles. The number of nitrogens with one attached hydrogen (secondary N) is 1. The van der Waals surface area contributed by atoms with E-state index >= 15 is 0 Å². The third kappa shape index (κ3) is 5.18. The molecule has 27 heavy (non-hydrogen) atoms. The Morgan fingerprint density at radius 1 is 1.26 bits per heavy atom. The number of hydrogen-bond donors (Lipinski definition) is 1. The van der Waals surface area contributed by atoms with Gasteiger partial charge in [-0.3, -0.25) is 4.79 Å². The van der Waals surface area contributed by atoms with E-state index in [0.29, 0.717) is 6.42 Å². The van der Waals surface area contributed by atoms with Crippen LogP contribution >= 0.6 is 0 Å². The van der Waals surface area contributed by atoms with Crippen molar-refractivity contribution < 1.29 is 18.3 Å². The molecule has 1 N–H and O–H groups in total. The van der Waals surface area contributed by atoms with Gasteiger partial charge in [-0.1, -0.05) is 33.1 Å². The number of carbonyl (C=O) groups excluding carboxylic acids is 1. The molecule has 0 aromatic heterocycles. The van der Waals surface area contributed by atoms with Gasteiger partial charge in [-0.15, -0.1) is 0 Å². The molecule has 2 heterocycles. The molecule has 1 aromatic rings. The van der Waals surface area contributed by atoms with Crippen LogP contribution in [-0.4, -0.2) is 36.5 Å². The van der Waals surface area contributed by atoms with Crippen molar-refractivity contribution in [2.24, 2.45) is 11.8 Å². The number of halogens is 2. The Morgan fingerprint density at radius 2 is 1.96 bits per heavy atom. The molecule has 0 saturated carbocycles. The van der Waals surface area contributed by atoms with Crippen molar-refractivity contribution in [2.45, 2.75) is 58.5 Å². The van der Waals surface area contributed by atoms with Crippen LogP contribution in [0.5, 0.6) is 5.75 Å². The smallest absolute Gasteiger partial charge is 0.265 e. The molecule has 1 fully saturated rings. The van der Waals surface area contributed by atoms with Gasteiger partial charge in [-0.25, -0.2) is 8.78 Å². The number of carbonyl (C=O) groups is 1. The van der Waals surface area contributed by atoms with Crippen LogP contribution in [0, 0.1) is 23.5 Å². The Morgan fingerprint density at radius 3 is 2.67 bits per heavy atom. The number of likely N-dealkylation sites (tertiary alicyclic amines) is 1. The highest BCUT2D eigenvalue weighted by Gasteiger charge is 2.31. The number of rotatable bonds is 7. The molecule has 1 aromatic carbocycles. The summed E-state index contributed by atoms with van der Waals surface area (Å²) in [6.45, 7) is 7.51. The van der Waals surface area contributed by atoms with Crippen LogP contribution in [0.3, 0.4) is 0 Å². The maximum absolute atomic E-state index is 13.4. The summed E-state index contributed by atoms with van der Waals surface area (Å²) in [5.41, 5.74) is 0.192. The Hall–Kier alpha value is -1.69. The second kappa shape index (κ2) is 9.00. The van der Waals surface area contributed by atoms with Gasteiger partial charge in [0.2, 0.25) is 0 Å². The first-order valence-corrected chi connectivity index (χ1v) is 10.1. The first-order chi connectivity index (χ1) is 13.0. The summed E-state index contributed by atoms with van der Waals surface area (Å²) in [6.07, 6.45) is 6.32.